The summed E-state index contributed by atoms with van der Waals surface area (Å²) in [7, 11) is 0. The highest BCUT2D eigenvalue weighted by Gasteiger charge is 2.38. The zero-order valence-corrected chi connectivity index (χ0v) is 7.15. The molecule has 80 valence electrons. The monoisotopic (exact) mass is 218 g/mol. The highest BCUT2D eigenvalue weighted by atomic mass is 19.4. The van der Waals surface area contributed by atoms with Crippen molar-refractivity contribution in [1.29, 1.82) is 0 Å². The van der Waals surface area contributed by atoms with Crippen molar-refractivity contribution in [3.63, 3.8) is 0 Å². The molecular formula is C7H5F3N4O. The van der Waals surface area contributed by atoms with E-state index in [4.69, 9.17) is 5.73 Å². The first-order valence-corrected chi connectivity index (χ1v) is 3.80. The van der Waals surface area contributed by atoms with Crippen LogP contribution >= 0.6 is 0 Å². The SMILES string of the molecule is Nc1cnc2nc(C(F)(F)F)n(O)c2c1. The summed E-state index contributed by atoms with van der Waals surface area (Å²) in [6.07, 6.45) is -3.57. The maximum absolute atomic E-state index is 12.3. The van der Waals surface area contributed by atoms with Crippen molar-refractivity contribution in [2.45, 2.75) is 6.18 Å². The molecule has 2 aromatic heterocycles. The van der Waals surface area contributed by atoms with Gasteiger partial charge in [0.25, 0.3) is 5.82 Å². The molecule has 0 saturated carbocycles. The number of imidazole rings is 1. The molecular weight excluding hydrogens is 213 g/mol. The van der Waals surface area contributed by atoms with E-state index in [1.807, 2.05) is 0 Å². The minimum absolute atomic E-state index is 0.0707. The van der Waals surface area contributed by atoms with Crippen molar-refractivity contribution in [2.24, 2.45) is 0 Å². The van der Waals surface area contributed by atoms with Gasteiger partial charge in [-0.15, -0.1) is 0 Å². The second-order valence-electron chi connectivity index (χ2n) is 2.86. The zero-order valence-electron chi connectivity index (χ0n) is 7.15. The number of fused-ring (bicyclic) bond motifs is 1. The molecule has 0 bridgehead atoms. The zero-order chi connectivity index (χ0) is 11.2. The first kappa shape index (κ1) is 9.56. The lowest BCUT2D eigenvalue weighted by atomic mass is 10.4. The Labute approximate surface area is 80.9 Å². The van der Waals surface area contributed by atoms with Gasteiger partial charge < -0.3 is 10.9 Å². The Kier molecular flexibility index (Phi) is 1.75. The predicted molar refractivity (Wildman–Crippen MR) is 44.1 cm³/mol. The molecule has 0 spiro atoms. The number of alkyl halides is 3. The van der Waals surface area contributed by atoms with Crippen LogP contribution < -0.4 is 5.73 Å². The Morgan fingerprint density at radius 3 is 2.67 bits per heavy atom. The third kappa shape index (κ3) is 1.43. The summed E-state index contributed by atoms with van der Waals surface area (Å²) in [6.45, 7) is 0. The van der Waals surface area contributed by atoms with Crippen molar-refractivity contribution in [2.75, 3.05) is 5.73 Å². The summed E-state index contributed by atoms with van der Waals surface area (Å²) in [4.78, 5) is 6.70. The molecule has 0 fully saturated rings. The normalized spacial score (nSPS) is 12.2. The lowest BCUT2D eigenvalue weighted by molar-refractivity contribution is -0.153. The number of pyridine rings is 1. The van der Waals surface area contributed by atoms with Crippen LogP contribution in [0.1, 0.15) is 5.82 Å². The Bertz CT molecular complexity index is 519. The van der Waals surface area contributed by atoms with E-state index in [0.717, 1.165) is 12.3 Å². The summed E-state index contributed by atoms with van der Waals surface area (Å²) >= 11 is 0. The number of nitrogens with zero attached hydrogens (tertiary/aromatic N) is 3. The number of nitrogen functional groups attached to an aromatic ring is 1. The number of anilines is 1. The average molecular weight is 218 g/mol. The molecule has 2 rings (SSSR count). The van der Waals surface area contributed by atoms with Gasteiger partial charge in [-0.1, -0.05) is 0 Å². The molecule has 15 heavy (non-hydrogen) atoms. The van der Waals surface area contributed by atoms with E-state index in [9.17, 15) is 18.4 Å². The Morgan fingerprint density at radius 2 is 2.07 bits per heavy atom. The summed E-state index contributed by atoms with van der Waals surface area (Å²) in [5.41, 5.74) is 5.07. The van der Waals surface area contributed by atoms with Crippen LogP contribution in [0.15, 0.2) is 12.3 Å². The molecule has 2 aromatic rings. The largest absolute Gasteiger partial charge is 0.453 e. The number of hydrogen-bond donors (Lipinski definition) is 2. The highest BCUT2D eigenvalue weighted by molar-refractivity contribution is 5.74. The van der Waals surface area contributed by atoms with Crippen molar-refractivity contribution in [3.8, 4) is 0 Å². The van der Waals surface area contributed by atoms with Gasteiger partial charge in [-0.25, -0.2) is 9.97 Å². The van der Waals surface area contributed by atoms with Crippen LogP contribution in [-0.2, 0) is 6.18 Å². The molecule has 0 unspecified atom stereocenters. The minimum atomic E-state index is -4.73. The van der Waals surface area contributed by atoms with Gasteiger partial charge in [0.05, 0.1) is 11.9 Å². The van der Waals surface area contributed by atoms with Crippen molar-refractivity contribution in [3.05, 3.63) is 18.1 Å². The van der Waals surface area contributed by atoms with Gasteiger partial charge in [0, 0.05) is 0 Å². The fourth-order valence-corrected chi connectivity index (χ4v) is 1.15. The van der Waals surface area contributed by atoms with Gasteiger partial charge in [0.1, 0.15) is 5.52 Å². The van der Waals surface area contributed by atoms with Gasteiger partial charge in [0.2, 0.25) is 0 Å². The summed E-state index contributed by atoms with van der Waals surface area (Å²) in [6, 6.07) is 1.16. The third-order valence-electron chi connectivity index (χ3n) is 1.76. The van der Waals surface area contributed by atoms with Gasteiger partial charge in [0.15, 0.2) is 5.65 Å². The molecule has 0 aromatic carbocycles. The first-order valence-electron chi connectivity index (χ1n) is 3.80. The Hall–Kier alpha value is -1.99. The number of hydrogen-bond acceptors (Lipinski definition) is 4. The molecule has 3 N–H and O–H groups in total. The molecule has 0 aliphatic heterocycles. The van der Waals surface area contributed by atoms with E-state index < -0.39 is 12.0 Å². The number of halogens is 3. The van der Waals surface area contributed by atoms with Crippen LogP contribution in [0.5, 0.6) is 0 Å². The van der Waals surface area contributed by atoms with Gasteiger partial charge in [-0.2, -0.15) is 17.9 Å². The highest BCUT2D eigenvalue weighted by Crippen LogP contribution is 2.30. The van der Waals surface area contributed by atoms with Crippen molar-refractivity contribution >= 4 is 16.9 Å². The lowest BCUT2D eigenvalue weighted by Crippen LogP contribution is -2.13. The quantitative estimate of drug-likeness (QED) is 0.653. The smallest absolute Gasteiger partial charge is 0.426 e. The van der Waals surface area contributed by atoms with Gasteiger partial charge in [-0.3, -0.25) is 0 Å². The van der Waals surface area contributed by atoms with E-state index in [1.54, 1.807) is 0 Å². The van der Waals surface area contributed by atoms with Crippen LogP contribution in [-0.4, -0.2) is 19.9 Å². The summed E-state index contributed by atoms with van der Waals surface area (Å²) < 4.78 is 36.8. The first-order chi connectivity index (χ1) is 6.89. The molecule has 0 atom stereocenters. The predicted octanol–water partition coefficient (Wildman–Crippen LogP) is 1.27. The van der Waals surface area contributed by atoms with E-state index in [2.05, 4.69) is 9.97 Å². The van der Waals surface area contributed by atoms with Crippen molar-refractivity contribution < 1.29 is 18.4 Å². The van der Waals surface area contributed by atoms with Crippen LogP contribution in [0, 0.1) is 0 Å². The average Bonchev–Trinajstić information content (AvgIpc) is 2.43. The number of aromatic nitrogens is 3. The summed E-state index contributed by atoms with van der Waals surface area (Å²) in [5, 5.41) is 9.19. The van der Waals surface area contributed by atoms with E-state index >= 15 is 0 Å². The van der Waals surface area contributed by atoms with E-state index in [1.165, 1.54) is 0 Å². The van der Waals surface area contributed by atoms with Crippen LogP contribution in [0.25, 0.3) is 11.2 Å². The molecule has 0 aliphatic carbocycles. The number of nitrogens with two attached hydrogens (primary N) is 1. The van der Waals surface area contributed by atoms with E-state index in [-0.39, 0.29) is 21.6 Å². The van der Waals surface area contributed by atoms with Crippen molar-refractivity contribution in [1.82, 2.24) is 14.7 Å². The molecule has 5 nitrogen and oxygen atoms in total. The molecule has 8 heteroatoms. The fourth-order valence-electron chi connectivity index (χ4n) is 1.15. The Morgan fingerprint density at radius 1 is 1.40 bits per heavy atom. The maximum atomic E-state index is 12.3. The molecule has 0 saturated heterocycles. The van der Waals surface area contributed by atoms with Crippen LogP contribution in [0.3, 0.4) is 0 Å². The van der Waals surface area contributed by atoms with E-state index in [0.29, 0.717) is 0 Å². The molecule has 0 radical (unpaired) electrons. The molecule has 0 amide bonds. The van der Waals surface area contributed by atoms with Gasteiger partial charge >= 0.3 is 6.18 Å². The fraction of sp³-hybridized carbons (Fsp3) is 0.143. The summed E-state index contributed by atoms with van der Waals surface area (Å²) in [5.74, 6) is -1.42. The minimum Gasteiger partial charge on any atom is -0.426 e. The number of rotatable bonds is 0. The second kappa shape index (κ2) is 2.75. The van der Waals surface area contributed by atoms with Crippen LogP contribution in [0.4, 0.5) is 18.9 Å². The van der Waals surface area contributed by atoms with Crippen LogP contribution in [0.2, 0.25) is 0 Å². The molecule has 2 heterocycles. The second-order valence-corrected chi connectivity index (χ2v) is 2.86. The standard InChI is InChI=1S/C7H5F3N4O/c8-7(9,10)6-13-5-4(14(6)15)1-3(11)2-12-5/h1-2,15H,11H2. The Balaban J connectivity index is 2.76. The van der Waals surface area contributed by atoms with Gasteiger partial charge in [-0.05, 0) is 6.07 Å². The lowest BCUT2D eigenvalue weighted by Gasteiger charge is -2.03. The topological polar surface area (TPSA) is 77.0 Å². The third-order valence-corrected chi connectivity index (χ3v) is 1.76. The maximum Gasteiger partial charge on any atom is 0.453 e. The molecule has 0 aliphatic rings.